The van der Waals surface area contributed by atoms with Gasteiger partial charge in [0.25, 0.3) is 0 Å². The molecule has 1 aliphatic carbocycles. The van der Waals surface area contributed by atoms with Crippen LogP contribution in [0.3, 0.4) is 0 Å². The molecule has 1 aromatic heterocycles. The molecule has 3 aromatic rings. The maximum absolute atomic E-state index is 12.6. The topological polar surface area (TPSA) is 75.1 Å². The highest BCUT2D eigenvalue weighted by Gasteiger charge is 2.20. The summed E-state index contributed by atoms with van der Waals surface area (Å²) in [6, 6.07) is 14.9. The zero-order valence-corrected chi connectivity index (χ0v) is 18.1. The SMILES string of the molecule is O=C(Cc1ccc(Cl)cc1)Nc1ncc(-c2ccc(CO)cc2)nc1CC1CCCC1. The summed E-state index contributed by atoms with van der Waals surface area (Å²) in [7, 11) is 0. The number of aliphatic hydroxyl groups excluding tert-OH is 1. The van der Waals surface area contributed by atoms with Crippen molar-refractivity contribution in [1.29, 1.82) is 0 Å². The van der Waals surface area contributed by atoms with Gasteiger partial charge in [0.1, 0.15) is 0 Å². The normalized spacial score (nSPS) is 14.0. The molecular formula is C25H26ClN3O2. The molecule has 1 aliphatic rings. The Morgan fingerprint density at radius 2 is 1.71 bits per heavy atom. The third-order valence-corrected chi connectivity index (χ3v) is 6.02. The molecule has 0 unspecified atom stereocenters. The van der Waals surface area contributed by atoms with Crippen LogP contribution in [0.2, 0.25) is 5.02 Å². The van der Waals surface area contributed by atoms with Gasteiger partial charge < -0.3 is 10.4 Å². The molecule has 2 aromatic carbocycles. The van der Waals surface area contributed by atoms with Crippen molar-refractivity contribution in [2.75, 3.05) is 5.32 Å². The summed E-state index contributed by atoms with van der Waals surface area (Å²) in [6.07, 6.45) is 7.64. The zero-order valence-electron chi connectivity index (χ0n) is 17.4. The Hall–Kier alpha value is -2.76. The lowest BCUT2D eigenvalue weighted by molar-refractivity contribution is -0.115. The third kappa shape index (κ3) is 5.69. The van der Waals surface area contributed by atoms with Gasteiger partial charge in [-0.15, -0.1) is 0 Å². The predicted molar refractivity (Wildman–Crippen MR) is 123 cm³/mol. The summed E-state index contributed by atoms with van der Waals surface area (Å²) in [5, 5.41) is 12.9. The number of carbonyl (C=O) groups is 1. The standard InChI is InChI=1S/C25H26ClN3O2/c26-21-11-7-18(8-12-21)14-24(31)29-25-22(13-17-3-1-2-4-17)28-23(15-27-25)20-9-5-19(16-30)6-10-20/h5-12,15,17,30H,1-4,13-14,16H2,(H,27,29,31). The van der Waals surface area contributed by atoms with Crippen LogP contribution in [0.15, 0.2) is 54.7 Å². The molecule has 1 fully saturated rings. The van der Waals surface area contributed by atoms with Crippen LogP contribution in [0.25, 0.3) is 11.3 Å². The molecule has 0 bridgehead atoms. The Morgan fingerprint density at radius 3 is 2.39 bits per heavy atom. The van der Waals surface area contributed by atoms with E-state index in [0.717, 1.165) is 34.5 Å². The lowest BCUT2D eigenvalue weighted by Gasteiger charge is -2.14. The number of aromatic nitrogens is 2. The first-order valence-electron chi connectivity index (χ1n) is 10.7. The van der Waals surface area contributed by atoms with Crippen LogP contribution in [0.1, 0.15) is 42.5 Å². The van der Waals surface area contributed by atoms with E-state index in [1.807, 2.05) is 36.4 Å². The minimum atomic E-state index is -0.121. The molecule has 2 N–H and O–H groups in total. The molecule has 0 aliphatic heterocycles. The number of hydrogen-bond donors (Lipinski definition) is 2. The number of nitrogens with zero attached hydrogens (tertiary/aromatic N) is 2. The van der Waals surface area contributed by atoms with Gasteiger partial charge in [-0.25, -0.2) is 9.97 Å². The molecule has 6 heteroatoms. The fraction of sp³-hybridized carbons (Fsp3) is 0.320. The Morgan fingerprint density at radius 1 is 1.03 bits per heavy atom. The van der Waals surface area contributed by atoms with E-state index in [0.29, 0.717) is 16.8 Å². The molecule has 160 valence electrons. The predicted octanol–water partition coefficient (Wildman–Crippen LogP) is 5.20. The number of benzene rings is 2. The molecule has 0 saturated heterocycles. The van der Waals surface area contributed by atoms with E-state index in [9.17, 15) is 9.90 Å². The van der Waals surface area contributed by atoms with Crippen LogP contribution in [0, 0.1) is 5.92 Å². The fourth-order valence-electron chi connectivity index (χ4n) is 4.05. The van der Waals surface area contributed by atoms with E-state index in [4.69, 9.17) is 16.6 Å². The van der Waals surface area contributed by atoms with Crippen LogP contribution in [-0.2, 0) is 24.2 Å². The number of halogens is 1. The smallest absolute Gasteiger partial charge is 0.229 e. The molecule has 4 rings (SSSR count). The second-order valence-corrected chi connectivity index (χ2v) is 8.55. The van der Waals surface area contributed by atoms with Crippen molar-refractivity contribution < 1.29 is 9.90 Å². The van der Waals surface area contributed by atoms with Gasteiger partial charge in [0, 0.05) is 10.6 Å². The summed E-state index contributed by atoms with van der Waals surface area (Å²) in [6.45, 7) is 0.0114. The van der Waals surface area contributed by atoms with E-state index in [1.165, 1.54) is 25.7 Å². The van der Waals surface area contributed by atoms with Crippen molar-refractivity contribution in [2.24, 2.45) is 5.92 Å². The molecular weight excluding hydrogens is 410 g/mol. The summed E-state index contributed by atoms with van der Waals surface area (Å²) >= 11 is 5.93. The third-order valence-electron chi connectivity index (χ3n) is 5.77. The average molecular weight is 436 g/mol. The van der Waals surface area contributed by atoms with Gasteiger partial charge in [-0.2, -0.15) is 0 Å². The second kappa shape index (κ2) is 10.0. The van der Waals surface area contributed by atoms with Crippen molar-refractivity contribution in [3.05, 3.63) is 76.6 Å². The molecule has 0 atom stereocenters. The Kier molecular flexibility index (Phi) is 6.95. The highest BCUT2D eigenvalue weighted by Crippen LogP contribution is 2.30. The van der Waals surface area contributed by atoms with E-state index in [-0.39, 0.29) is 18.9 Å². The first kappa shape index (κ1) is 21.5. The van der Waals surface area contributed by atoms with Crippen LogP contribution in [0.5, 0.6) is 0 Å². The fourth-order valence-corrected chi connectivity index (χ4v) is 4.17. The van der Waals surface area contributed by atoms with Crippen LogP contribution in [-0.4, -0.2) is 21.0 Å². The van der Waals surface area contributed by atoms with E-state index in [1.54, 1.807) is 18.3 Å². The number of hydrogen-bond acceptors (Lipinski definition) is 4. The van der Waals surface area contributed by atoms with E-state index < -0.39 is 0 Å². The number of aliphatic hydroxyl groups is 1. The van der Waals surface area contributed by atoms with Gasteiger partial charge >= 0.3 is 0 Å². The summed E-state index contributed by atoms with van der Waals surface area (Å²) < 4.78 is 0. The van der Waals surface area contributed by atoms with Gasteiger partial charge in [0.2, 0.25) is 5.91 Å². The average Bonchev–Trinajstić information content (AvgIpc) is 3.30. The molecule has 0 radical (unpaired) electrons. The minimum absolute atomic E-state index is 0.0114. The number of amides is 1. The number of nitrogens with one attached hydrogen (secondary N) is 1. The van der Waals surface area contributed by atoms with Gasteiger partial charge in [-0.3, -0.25) is 4.79 Å². The maximum Gasteiger partial charge on any atom is 0.229 e. The lowest BCUT2D eigenvalue weighted by Crippen LogP contribution is -2.18. The molecule has 5 nitrogen and oxygen atoms in total. The Bertz CT molecular complexity index is 1030. The summed E-state index contributed by atoms with van der Waals surface area (Å²) in [5.74, 6) is 0.999. The molecule has 1 heterocycles. The first-order chi connectivity index (χ1) is 15.1. The zero-order chi connectivity index (χ0) is 21.6. The highest BCUT2D eigenvalue weighted by atomic mass is 35.5. The maximum atomic E-state index is 12.6. The van der Waals surface area contributed by atoms with Crippen LogP contribution >= 0.6 is 11.6 Å². The van der Waals surface area contributed by atoms with E-state index >= 15 is 0 Å². The van der Waals surface area contributed by atoms with Crippen LogP contribution in [0.4, 0.5) is 5.82 Å². The van der Waals surface area contributed by atoms with Crippen LogP contribution < -0.4 is 5.32 Å². The lowest BCUT2D eigenvalue weighted by atomic mass is 10.0. The van der Waals surface area contributed by atoms with Crippen molar-refractivity contribution >= 4 is 23.3 Å². The monoisotopic (exact) mass is 435 g/mol. The minimum Gasteiger partial charge on any atom is -0.392 e. The van der Waals surface area contributed by atoms with Crippen molar-refractivity contribution in [3.63, 3.8) is 0 Å². The number of rotatable bonds is 7. The molecule has 1 amide bonds. The second-order valence-electron chi connectivity index (χ2n) is 8.11. The molecule has 1 saturated carbocycles. The molecule has 31 heavy (non-hydrogen) atoms. The first-order valence-corrected chi connectivity index (χ1v) is 11.1. The van der Waals surface area contributed by atoms with E-state index in [2.05, 4.69) is 10.3 Å². The van der Waals surface area contributed by atoms with Crippen molar-refractivity contribution in [1.82, 2.24) is 9.97 Å². The largest absolute Gasteiger partial charge is 0.392 e. The van der Waals surface area contributed by atoms with Gasteiger partial charge in [-0.1, -0.05) is 73.7 Å². The van der Waals surface area contributed by atoms with Crippen molar-refractivity contribution in [2.45, 2.75) is 45.1 Å². The van der Waals surface area contributed by atoms with Gasteiger partial charge in [-0.05, 0) is 35.6 Å². The van der Waals surface area contributed by atoms with Gasteiger partial charge in [0.05, 0.1) is 30.6 Å². The summed E-state index contributed by atoms with van der Waals surface area (Å²) in [4.78, 5) is 22.1. The Balaban J connectivity index is 1.55. The highest BCUT2D eigenvalue weighted by molar-refractivity contribution is 6.30. The Labute approximate surface area is 187 Å². The van der Waals surface area contributed by atoms with Gasteiger partial charge in [0.15, 0.2) is 5.82 Å². The number of carbonyl (C=O) groups excluding carboxylic acids is 1. The molecule has 0 spiro atoms. The summed E-state index contributed by atoms with van der Waals surface area (Å²) in [5.41, 5.74) is 4.30. The quantitative estimate of drug-likeness (QED) is 0.534. The van der Waals surface area contributed by atoms with Crippen molar-refractivity contribution in [3.8, 4) is 11.3 Å². The number of anilines is 1.